The number of para-hydroxylation sites is 1. The number of anilines is 1. The van der Waals surface area contributed by atoms with Crippen LogP contribution >= 0.6 is 0 Å². The highest BCUT2D eigenvalue weighted by Gasteiger charge is 2.31. The molecule has 1 fully saturated rings. The minimum absolute atomic E-state index is 0.0242. The number of fused-ring (bicyclic) bond motifs is 1. The summed E-state index contributed by atoms with van der Waals surface area (Å²) in [6.07, 6.45) is 0.312. The predicted molar refractivity (Wildman–Crippen MR) is 95.5 cm³/mol. The van der Waals surface area contributed by atoms with Gasteiger partial charge in [0.25, 0.3) is 5.91 Å². The van der Waals surface area contributed by atoms with Crippen molar-refractivity contribution in [2.24, 2.45) is 0 Å². The zero-order valence-electron chi connectivity index (χ0n) is 13.8. The second-order valence-corrected chi connectivity index (χ2v) is 6.27. The van der Waals surface area contributed by atoms with Gasteiger partial charge in [0.2, 0.25) is 5.91 Å². The number of hydrogen-bond acceptors (Lipinski definition) is 3. The molecule has 25 heavy (non-hydrogen) atoms. The monoisotopic (exact) mass is 334 g/mol. The van der Waals surface area contributed by atoms with Gasteiger partial charge < -0.3 is 15.2 Å². The Morgan fingerprint density at radius 2 is 2.04 bits per heavy atom. The van der Waals surface area contributed by atoms with E-state index in [0.29, 0.717) is 18.5 Å². The van der Waals surface area contributed by atoms with Crippen LogP contribution in [0.15, 0.2) is 48.5 Å². The highest BCUT2D eigenvalue weighted by Crippen LogP contribution is 2.21. The van der Waals surface area contributed by atoms with E-state index in [0.717, 1.165) is 22.5 Å². The molecule has 0 spiro atoms. The maximum absolute atomic E-state index is 12.5. The Labute approximate surface area is 144 Å². The Morgan fingerprint density at radius 1 is 1.24 bits per heavy atom. The molecular formula is C19H18N4O2. The second-order valence-electron chi connectivity index (χ2n) is 6.27. The number of nitrogens with one attached hydrogen (secondary N) is 2. The van der Waals surface area contributed by atoms with Crippen molar-refractivity contribution in [1.82, 2.24) is 15.3 Å². The first-order chi connectivity index (χ1) is 12.1. The average Bonchev–Trinajstić information content (AvgIpc) is 3.16. The van der Waals surface area contributed by atoms with Gasteiger partial charge in [0, 0.05) is 24.2 Å². The quantitative estimate of drug-likeness (QED) is 0.772. The molecule has 6 nitrogen and oxygen atoms in total. The zero-order chi connectivity index (χ0) is 17.4. The molecule has 6 heteroatoms. The highest BCUT2D eigenvalue weighted by molar-refractivity contribution is 6.00. The Kier molecular flexibility index (Phi) is 3.72. The summed E-state index contributed by atoms with van der Waals surface area (Å²) in [6, 6.07) is 14.7. The maximum atomic E-state index is 12.5. The van der Waals surface area contributed by atoms with Crippen molar-refractivity contribution in [2.75, 3.05) is 11.4 Å². The van der Waals surface area contributed by atoms with E-state index < -0.39 is 0 Å². The molecule has 126 valence electrons. The molecule has 2 N–H and O–H groups in total. The van der Waals surface area contributed by atoms with Crippen molar-refractivity contribution in [3.63, 3.8) is 0 Å². The number of hydrogen-bond donors (Lipinski definition) is 2. The fraction of sp³-hybridized carbons (Fsp3) is 0.211. The SMILES string of the molecule is Cc1nc2ccc(C(=O)N[C@H]3CC(=O)N(c4ccccc4)C3)cc2[nH]1. The van der Waals surface area contributed by atoms with E-state index in [1.54, 1.807) is 17.0 Å². The van der Waals surface area contributed by atoms with E-state index in [4.69, 9.17) is 0 Å². The van der Waals surface area contributed by atoms with Crippen molar-refractivity contribution < 1.29 is 9.59 Å². The molecule has 2 amide bonds. The number of nitrogens with zero attached hydrogens (tertiary/aromatic N) is 2. The Morgan fingerprint density at radius 3 is 2.84 bits per heavy atom. The van der Waals surface area contributed by atoms with Crippen molar-refractivity contribution in [3.05, 3.63) is 59.9 Å². The molecule has 4 rings (SSSR count). The van der Waals surface area contributed by atoms with Gasteiger partial charge in [0.05, 0.1) is 17.1 Å². The van der Waals surface area contributed by atoms with Crippen LogP contribution in [-0.2, 0) is 4.79 Å². The molecule has 1 atom stereocenters. The first-order valence-corrected chi connectivity index (χ1v) is 8.23. The number of H-pyrrole nitrogens is 1. The minimum Gasteiger partial charge on any atom is -0.347 e. The summed E-state index contributed by atoms with van der Waals surface area (Å²) in [5.41, 5.74) is 3.08. The maximum Gasteiger partial charge on any atom is 0.251 e. The van der Waals surface area contributed by atoms with Crippen LogP contribution in [0.5, 0.6) is 0 Å². The molecule has 3 aromatic rings. The fourth-order valence-electron chi connectivity index (χ4n) is 3.21. The summed E-state index contributed by atoms with van der Waals surface area (Å²) in [6.45, 7) is 2.36. The lowest BCUT2D eigenvalue weighted by Crippen LogP contribution is -2.37. The third-order valence-electron chi connectivity index (χ3n) is 4.39. The van der Waals surface area contributed by atoms with Gasteiger partial charge >= 0.3 is 0 Å². The zero-order valence-corrected chi connectivity index (χ0v) is 13.8. The summed E-state index contributed by atoms with van der Waals surface area (Å²) >= 11 is 0. The van der Waals surface area contributed by atoms with Crippen LogP contribution in [0.25, 0.3) is 11.0 Å². The number of imidazole rings is 1. The summed E-state index contributed by atoms with van der Waals surface area (Å²) < 4.78 is 0. The molecular weight excluding hydrogens is 316 g/mol. The second kappa shape index (κ2) is 6.05. The number of rotatable bonds is 3. The first kappa shape index (κ1) is 15.4. The van der Waals surface area contributed by atoms with E-state index >= 15 is 0 Å². The summed E-state index contributed by atoms with van der Waals surface area (Å²) in [5, 5.41) is 2.96. The number of carbonyl (C=O) groups excluding carboxylic acids is 2. The van der Waals surface area contributed by atoms with E-state index in [9.17, 15) is 9.59 Å². The van der Waals surface area contributed by atoms with Gasteiger partial charge in [0.1, 0.15) is 5.82 Å². The number of carbonyl (C=O) groups is 2. The van der Waals surface area contributed by atoms with E-state index in [2.05, 4.69) is 15.3 Å². The van der Waals surface area contributed by atoms with Gasteiger partial charge in [-0.1, -0.05) is 18.2 Å². The third-order valence-corrected chi connectivity index (χ3v) is 4.39. The van der Waals surface area contributed by atoms with Gasteiger partial charge in [0.15, 0.2) is 0 Å². The molecule has 1 aliphatic heterocycles. The van der Waals surface area contributed by atoms with Gasteiger partial charge in [-0.15, -0.1) is 0 Å². The average molecular weight is 334 g/mol. The molecule has 1 aliphatic rings. The third kappa shape index (κ3) is 2.98. The van der Waals surface area contributed by atoms with Crippen LogP contribution in [0, 0.1) is 6.92 Å². The summed E-state index contributed by atoms with van der Waals surface area (Å²) in [4.78, 5) is 33.9. The number of benzene rings is 2. The summed E-state index contributed by atoms with van der Waals surface area (Å²) in [5.74, 6) is 0.658. The van der Waals surface area contributed by atoms with Gasteiger partial charge in [-0.25, -0.2) is 4.98 Å². The largest absolute Gasteiger partial charge is 0.347 e. The Bertz CT molecular complexity index is 948. The minimum atomic E-state index is -0.195. The number of aromatic nitrogens is 2. The van der Waals surface area contributed by atoms with Crippen LogP contribution < -0.4 is 10.2 Å². The first-order valence-electron chi connectivity index (χ1n) is 8.23. The van der Waals surface area contributed by atoms with Crippen molar-refractivity contribution in [1.29, 1.82) is 0 Å². The van der Waals surface area contributed by atoms with Crippen molar-refractivity contribution >= 4 is 28.5 Å². The van der Waals surface area contributed by atoms with Crippen molar-refractivity contribution in [3.8, 4) is 0 Å². The molecule has 2 heterocycles. The number of aromatic amines is 1. The lowest BCUT2D eigenvalue weighted by atomic mass is 10.1. The molecule has 0 aliphatic carbocycles. The lowest BCUT2D eigenvalue weighted by molar-refractivity contribution is -0.117. The molecule has 2 aromatic carbocycles. The highest BCUT2D eigenvalue weighted by atomic mass is 16.2. The van der Waals surface area contributed by atoms with E-state index in [-0.39, 0.29) is 17.9 Å². The van der Waals surface area contributed by atoms with Gasteiger partial charge in [-0.3, -0.25) is 9.59 Å². The molecule has 0 radical (unpaired) electrons. The molecule has 1 saturated heterocycles. The lowest BCUT2D eigenvalue weighted by Gasteiger charge is -2.17. The standard InChI is InChI=1S/C19H18N4O2/c1-12-20-16-8-7-13(9-17(16)21-12)19(25)22-14-10-18(24)23(11-14)15-5-3-2-4-6-15/h2-9,14H,10-11H2,1H3,(H,20,21)(H,22,25)/t14-/m0/s1. The Hall–Kier alpha value is -3.15. The molecule has 0 saturated carbocycles. The van der Waals surface area contributed by atoms with Crippen LogP contribution in [0.3, 0.4) is 0 Å². The smallest absolute Gasteiger partial charge is 0.251 e. The topological polar surface area (TPSA) is 78.1 Å². The molecule has 0 bridgehead atoms. The number of aryl methyl sites for hydroxylation is 1. The van der Waals surface area contributed by atoms with E-state index in [1.807, 2.05) is 43.3 Å². The van der Waals surface area contributed by atoms with Crippen molar-refractivity contribution in [2.45, 2.75) is 19.4 Å². The normalized spacial score (nSPS) is 17.2. The molecule has 0 unspecified atom stereocenters. The van der Waals surface area contributed by atoms with Gasteiger partial charge in [-0.05, 0) is 37.3 Å². The predicted octanol–water partition coefficient (Wildman–Crippen LogP) is 2.41. The molecule has 1 aromatic heterocycles. The Balaban J connectivity index is 1.48. The van der Waals surface area contributed by atoms with Crippen LogP contribution in [0.4, 0.5) is 5.69 Å². The fourth-order valence-corrected chi connectivity index (χ4v) is 3.21. The number of amides is 2. The van der Waals surface area contributed by atoms with Crippen LogP contribution in [0.1, 0.15) is 22.6 Å². The van der Waals surface area contributed by atoms with E-state index in [1.165, 1.54) is 0 Å². The van der Waals surface area contributed by atoms with Crippen LogP contribution in [0.2, 0.25) is 0 Å². The summed E-state index contributed by atoms with van der Waals surface area (Å²) in [7, 11) is 0. The van der Waals surface area contributed by atoms with Crippen LogP contribution in [-0.4, -0.2) is 34.4 Å². The van der Waals surface area contributed by atoms with Gasteiger partial charge in [-0.2, -0.15) is 0 Å².